The number of nitrogen functional groups attached to an aromatic ring is 2. The van der Waals surface area contributed by atoms with E-state index >= 15 is 0 Å². The molecule has 2 aromatic carbocycles. The van der Waals surface area contributed by atoms with Crippen LogP contribution in [0.25, 0.3) is 11.3 Å². The van der Waals surface area contributed by atoms with Crippen molar-refractivity contribution in [2.45, 2.75) is 65.6 Å². The Labute approximate surface area is 346 Å². The van der Waals surface area contributed by atoms with E-state index in [-0.39, 0.29) is 50.0 Å². The quantitative estimate of drug-likeness (QED) is 0.0152. The Kier molecular flexibility index (Phi) is 26.8. The Hall–Kier alpha value is -6.27. The lowest BCUT2D eigenvalue weighted by molar-refractivity contribution is -0.192. The number of rotatable bonds is 20. The number of nitrogens with zero attached hydrogens (tertiary/aromatic N) is 2. The average molecular weight is 881 g/mol. The smallest absolute Gasteiger partial charge is 0.483 e. The first kappa shape index (κ1) is 54.7. The molecular weight excluding hydrogens is 830 g/mol. The van der Waals surface area contributed by atoms with E-state index in [0.717, 1.165) is 12.0 Å². The van der Waals surface area contributed by atoms with Crippen LogP contribution in [0.3, 0.4) is 0 Å². The molecule has 0 radical (unpaired) electrons. The van der Waals surface area contributed by atoms with Crippen LogP contribution in [0.4, 0.5) is 37.8 Å². The predicted molar refractivity (Wildman–Crippen MR) is 211 cm³/mol. The number of benzene rings is 2. The first-order chi connectivity index (χ1) is 28.7. The van der Waals surface area contributed by atoms with Gasteiger partial charge in [-0.2, -0.15) is 26.3 Å². The molecule has 0 unspecified atom stereocenters. The molecule has 1 aromatic heterocycles. The minimum Gasteiger partial charge on any atom is -0.483 e. The number of nitrogens with two attached hydrogens (primary N) is 2. The van der Waals surface area contributed by atoms with Crippen LogP contribution in [0.2, 0.25) is 0 Å². The average Bonchev–Trinajstić information content (AvgIpc) is 3.17. The lowest BCUT2D eigenvalue weighted by atomic mass is 10.1. The van der Waals surface area contributed by atoms with Crippen LogP contribution in [0.1, 0.15) is 55.1 Å². The summed E-state index contributed by atoms with van der Waals surface area (Å²) in [6.45, 7) is 4.51. The lowest BCUT2D eigenvalue weighted by Gasteiger charge is -2.17. The largest absolute Gasteiger partial charge is 0.490 e. The summed E-state index contributed by atoms with van der Waals surface area (Å²) in [5, 5.41) is 30.3. The molecule has 0 aliphatic rings. The van der Waals surface area contributed by atoms with Gasteiger partial charge in [0.25, 0.3) is 17.9 Å². The van der Waals surface area contributed by atoms with Crippen molar-refractivity contribution in [3.63, 3.8) is 0 Å². The van der Waals surface area contributed by atoms with Crippen LogP contribution >= 0.6 is 0 Å². The van der Waals surface area contributed by atoms with Gasteiger partial charge in [0.1, 0.15) is 19.2 Å². The molecule has 0 aliphatic heterocycles. The Morgan fingerprint density at radius 1 is 0.967 bits per heavy atom. The molecule has 3 aromatic rings. The van der Waals surface area contributed by atoms with Gasteiger partial charge < -0.3 is 51.8 Å². The summed E-state index contributed by atoms with van der Waals surface area (Å²) in [5.41, 5.74) is 14.0. The van der Waals surface area contributed by atoms with E-state index in [2.05, 4.69) is 20.9 Å². The SMILES string of the molecule is CCOCOCCCOCCCNC(=O)c1cc(N)cc(-c2cnc(NC(C)C)c(=O)n2CC(=O)NCc2ccc(C(=N)N)cc2)c1.FC(F)F.O=C(O)C(F)(F)F.O=CO. The number of ether oxygens (including phenoxy) is 3. The molecule has 1 heterocycles. The number of aliphatic carboxylic acids is 1. The van der Waals surface area contributed by atoms with E-state index < -0.39 is 30.3 Å². The number of halogens is 6. The summed E-state index contributed by atoms with van der Waals surface area (Å²) in [4.78, 5) is 61.2. The highest BCUT2D eigenvalue weighted by atomic mass is 19.4. The van der Waals surface area contributed by atoms with Crippen LogP contribution in [0.5, 0.6) is 0 Å². The highest BCUT2D eigenvalue weighted by Crippen LogP contribution is 2.23. The minimum atomic E-state index is -5.08. The first-order valence-corrected chi connectivity index (χ1v) is 18.0. The van der Waals surface area contributed by atoms with Crippen LogP contribution in [-0.2, 0) is 41.7 Å². The third-order valence-electron chi connectivity index (χ3n) is 6.99. The number of anilines is 2. The van der Waals surface area contributed by atoms with Crippen molar-refractivity contribution in [1.29, 1.82) is 5.41 Å². The van der Waals surface area contributed by atoms with Gasteiger partial charge in [-0.3, -0.25) is 29.2 Å². The predicted octanol–water partition coefficient (Wildman–Crippen LogP) is 3.96. The van der Waals surface area contributed by atoms with E-state index in [4.69, 9.17) is 50.9 Å². The van der Waals surface area contributed by atoms with Crippen molar-refractivity contribution in [2.24, 2.45) is 5.73 Å². The fourth-order valence-corrected chi connectivity index (χ4v) is 4.43. The summed E-state index contributed by atoms with van der Waals surface area (Å²) in [7, 11) is 0. The van der Waals surface area contributed by atoms with E-state index in [1.165, 1.54) is 10.8 Å². The maximum absolute atomic E-state index is 13.5. The molecule has 0 saturated heterocycles. The second-order valence-corrected chi connectivity index (χ2v) is 12.2. The summed E-state index contributed by atoms with van der Waals surface area (Å²) in [6.07, 6.45) is -2.24. The van der Waals surface area contributed by atoms with Gasteiger partial charge in [-0.05, 0) is 57.4 Å². The normalized spacial score (nSPS) is 10.5. The van der Waals surface area contributed by atoms with Gasteiger partial charge >= 0.3 is 18.8 Å². The number of carbonyl (C=O) groups excluding carboxylic acids is 2. The number of alkyl halides is 6. The molecule has 2 amide bonds. The van der Waals surface area contributed by atoms with Crippen molar-refractivity contribution in [1.82, 2.24) is 20.2 Å². The zero-order valence-electron chi connectivity index (χ0n) is 33.4. The molecule has 0 saturated carbocycles. The molecule has 0 fully saturated rings. The first-order valence-electron chi connectivity index (χ1n) is 18.0. The summed E-state index contributed by atoms with van der Waals surface area (Å²) >= 11 is 0. The second kappa shape index (κ2) is 29.9. The van der Waals surface area contributed by atoms with E-state index in [1.54, 1.807) is 42.5 Å². The molecule has 0 spiro atoms. The molecule has 24 heteroatoms. The summed E-state index contributed by atoms with van der Waals surface area (Å²) in [5.74, 6) is -3.45. The van der Waals surface area contributed by atoms with Crippen molar-refractivity contribution in [3.05, 3.63) is 75.7 Å². The number of nitrogens with one attached hydrogen (secondary N) is 4. The number of carboxylic acids is 1. The van der Waals surface area contributed by atoms with Crippen molar-refractivity contribution >= 4 is 41.6 Å². The topological polar surface area (TPSA) is 283 Å². The Bertz CT molecular complexity index is 1860. The molecule has 340 valence electrons. The minimum absolute atomic E-state index is 0.0464. The van der Waals surface area contributed by atoms with E-state index in [0.29, 0.717) is 67.5 Å². The zero-order valence-corrected chi connectivity index (χ0v) is 33.4. The van der Waals surface area contributed by atoms with Gasteiger partial charge in [-0.25, -0.2) is 9.78 Å². The number of hydrogen-bond donors (Lipinski definition) is 8. The van der Waals surface area contributed by atoms with Gasteiger partial charge in [-0.1, -0.05) is 24.3 Å². The molecule has 10 N–H and O–H groups in total. The maximum Gasteiger partial charge on any atom is 0.490 e. The van der Waals surface area contributed by atoms with Crippen molar-refractivity contribution in [3.8, 4) is 11.3 Å². The Morgan fingerprint density at radius 3 is 2.08 bits per heavy atom. The standard InChI is InChI=1S/C33H46N8O6.C2HF3O2.CHF3.CH2O2/c1-4-45-21-47-14-6-13-46-12-5-11-37-32(43)26-15-25(16-27(34)17-26)28-19-39-31(40-22(2)3)33(44)41(28)20-29(42)38-18-23-7-9-24(10-8-23)30(35)36;3-2(4,5)1(6)7;2-1(3)4;2-1-3/h7-10,15-17,19,22H,4-6,11-14,18,20-21,34H2,1-3H3,(H3,35,36)(H,37,43)(H,38,42)(H,39,40);(H,6,7);1H;1H,(H,2,3). The third-order valence-corrected chi connectivity index (χ3v) is 6.99. The number of aromatic nitrogens is 2. The molecule has 0 atom stereocenters. The maximum atomic E-state index is 13.5. The van der Waals surface area contributed by atoms with Crippen LogP contribution in [-0.4, -0.2) is 109 Å². The van der Waals surface area contributed by atoms with Crippen LogP contribution < -0.4 is 33.0 Å². The Balaban J connectivity index is 0.00000222. The summed E-state index contributed by atoms with van der Waals surface area (Å²) < 4.78 is 78.0. The Morgan fingerprint density at radius 2 is 1.54 bits per heavy atom. The van der Waals surface area contributed by atoms with Gasteiger partial charge in [0.15, 0.2) is 5.82 Å². The van der Waals surface area contributed by atoms with E-state index in [1.807, 2.05) is 20.8 Å². The molecular formula is C37H50F6N8O10. The number of amidine groups is 1. The zero-order chi connectivity index (χ0) is 46.5. The van der Waals surface area contributed by atoms with Gasteiger partial charge in [-0.15, -0.1) is 0 Å². The molecule has 0 aliphatic carbocycles. The molecule has 3 rings (SSSR count). The van der Waals surface area contributed by atoms with Crippen molar-refractivity contribution < 1.29 is 69.9 Å². The number of hydrogen-bond acceptors (Lipinski definition) is 12. The lowest BCUT2D eigenvalue weighted by Crippen LogP contribution is -2.35. The number of amides is 2. The number of carbonyl (C=O) groups is 4. The summed E-state index contributed by atoms with van der Waals surface area (Å²) in [6, 6.07) is 11.6. The molecule has 61 heavy (non-hydrogen) atoms. The second-order valence-electron chi connectivity index (χ2n) is 12.2. The third kappa shape index (κ3) is 24.4. The van der Waals surface area contributed by atoms with Gasteiger partial charge in [0.2, 0.25) is 5.91 Å². The molecule has 0 bridgehead atoms. The highest BCUT2D eigenvalue weighted by molar-refractivity contribution is 5.96. The number of carboxylic acid groups (broad SMARTS) is 2. The molecule has 18 nitrogen and oxygen atoms in total. The highest BCUT2D eigenvalue weighted by Gasteiger charge is 2.38. The monoisotopic (exact) mass is 880 g/mol. The van der Waals surface area contributed by atoms with Crippen molar-refractivity contribution in [2.75, 3.05) is 50.8 Å². The van der Waals surface area contributed by atoms with Crippen LogP contribution in [0, 0.1) is 5.41 Å². The fraction of sp³-hybridized carbons (Fsp3) is 0.432. The fourth-order valence-electron chi connectivity index (χ4n) is 4.43. The van der Waals surface area contributed by atoms with Gasteiger partial charge in [0.05, 0.1) is 18.5 Å². The van der Waals surface area contributed by atoms with Crippen LogP contribution in [0.15, 0.2) is 53.5 Å². The van der Waals surface area contributed by atoms with E-state index in [9.17, 15) is 40.7 Å². The van der Waals surface area contributed by atoms with Gasteiger partial charge in [0, 0.05) is 61.3 Å².